The van der Waals surface area contributed by atoms with Crippen LogP contribution < -0.4 is 11.1 Å². The largest absolute Gasteiger partial charge is 0.370 e. The zero-order valence-electron chi connectivity index (χ0n) is 8.42. The van der Waals surface area contributed by atoms with Crippen molar-refractivity contribution in [2.24, 2.45) is 10.7 Å². The predicted molar refractivity (Wildman–Crippen MR) is 60.2 cm³/mol. The second-order valence-corrected chi connectivity index (χ2v) is 4.60. The van der Waals surface area contributed by atoms with Crippen molar-refractivity contribution >= 4 is 17.7 Å². The first-order valence-electron chi connectivity index (χ1n) is 4.78. The topological polar surface area (TPSA) is 50.4 Å². The van der Waals surface area contributed by atoms with Gasteiger partial charge in [-0.25, -0.2) is 0 Å². The lowest BCUT2D eigenvalue weighted by molar-refractivity contribution is 0.421. The minimum absolute atomic E-state index is 0.548. The molecule has 0 saturated heterocycles. The van der Waals surface area contributed by atoms with Crippen LogP contribution in [0, 0.1) is 0 Å². The van der Waals surface area contributed by atoms with Crippen LogP contribution in [0.25, 0.3) is 0 Å². The van der Waals surface area contributed by atoms with Crippen LogP contribution in [0.15, 0.2) is 4.99 Å². The third-order valence-corrected chi connectivity index (χ3v) is 3.74. The number of hydrogen-bond donors (Lipinski definition) is 2. The fourth-order valence-electron chi connectivity index (χ4n) is 1.72. The average Bonchev–Trinajstić information content (AvgIpc) is 2.19. The molecular formula is C9H19N3S. The van der Waals surface area contributed by atoms with Crippen molar-refractivity contribution in [3.05, 3.63) is 0 Å². The highest BCUT2D eigenvalue weighted by Crippen LogP contribution is 2.26. The summed E-state index contributed by atoms with van der Waals surface area (Å²) in [4.78, 5) is 3.90. The van der Waals surface area contributed by atoms with E-state index in [9.17, 15) is 0 Å². The zero-order chi connectivity index (χ0) is 9.68. The predicted octanol–water partition coefficient (Wildman–Crippen LogP) is 1.19. The minimum Gasteiger partial charge on any atom is -0.370 e. The molecule has 13 heavy (non-hydrogen) atoms. The van der Waals surface area contributed by atoms with Crippen LogP contribution in [0.1, 0.15) is 25.7 Å². The molecule has 3 nitrogen and oxygen atoms in total. The lowest BCUT2D eigenvalue weighted by Crippen LogP contribution is -2.42. The van der Waals surface area contributed by atoms with Crippen molar-refractivity contribution in [3.8, 4) is 0 Å². The Labute approximate surface area is 84.6 Å². The summed E-state index contributed by atoms with van der Waals surface area (Å²) in [5.41, 5.74) is 5.60. The Hall–Kier alpha value is -0.380. The highest BCUT2D eigenvalue weighted by Gasteiger charge is 2.20. The van der Waals surface area contributed by atoms with Crippen molar-refractivity contribution in [2.75, 3.05) is 13.3 Å². The van der Waals surface area contributed by atoms with Gasteiger partial charge < -0.3 is 11.1 Å². The molecule has 1 fully saturated rings. The van der Waals surface area contributed by atoms with Crippen molar-refractivity contribution in [2.45, 2.75) is 37.0 Å². The molecule has 0 bridgehead atoms. The number of guanidine groups is 1. The fraction of sp³-hybridized carbons (Fsp3) is 0.889. The number of rotatable bonds is 2. The second kappa shape index (κ2) is 5.37. The lowest BCUT2D eigenvalue weighted by Gasteiger charge is -2.28. The molecule has 0 aliphatic heterocycles. The molecule has 1 rings (SSSR count). The average molecular weight is 201 g/mol. The van der Waals surface area contributed by atoms with Crippen LogP contribution in [0.5, 0.6) is 0 Å². The van der Waals surface area contributed by atoms with Gasteiger partial charge in [-0.2, -0.15) is 11.8 Å². The molecule has 0 heterocycles. The molecule has 0 aromatic carbocycles. The second-order valence-electron chi connectivity index (χ2n) is 3.46. The van der Waals surface area contributed by atoms with Crippen molar-refractivity contribution in [1.82, 2.24) is 5.32 Å². The van der Waals surface area contributed by atoms with E-state index in [0.717, 1.165) is 5.25 Å². The quantitative estimate of drug-likeness (QED) is 0.521. The molecule has 4 heteroatoms. The van der Waals surface area contributed by atoms with E-state index >= 15 is 0 Å². The Kier molecular flexibility index (Phi) is 4.42. The molecule has 0 aromatic rings. The normalized spacial score (nSPS) is 30.2. The highest BCUT2D eigenvalue weighted by atomic mass is 32.2. The molecule has 3 N–H and O–H groups in total. The molecule has 0 radical (unpaired) electrons. The Morgan fingerprint density at radius 1 is 1.38 bits per heavy atom. The molecule has 0 amide bonds. The number of aliphatic imine (C=N–C) groups is 1. The summed E-state index contributed by atoms with van der Waals surface area (Å²) in [6.07, 6.45) is 7.25. The minimum atomic E-state index is 0.548. The lowest BCUT2D eigenvalue weighted by atomic mass is 9.95. The summed E-state index contributed by atoms with van der Waals surface area (Å²) in [5.74, 6) is 0.576. The fourth-order valence-corrected chi connectivity index (χ4v) is 2.46. The number of hydrogen-bond acceptors (Lipinski definition) is 2. The molecule has 1 aliphatic rings. The standard InChI is InChI=1S/C9H19N3S/c1-11-9(10)12-7-3-5-8(13-2)6-4-7/h7-8H,3-6H2,1-2H3,(H3,10,11,12). The Morgan fingerprint density at radius 3 is 2.46 bits per heavy atom. The summed E-state index contributed by atoms with van der Waals surface area (Å²) < 4.78 is 0. The van der Waals surface area contributed by atoms with Crippen molar-refractivity contribution < 1.29 is 0 Å². The van der Waals surface area contributed by atoms with Crippen LogP contribution in [-0.4, -0.2) is 30.6 Å². The van der Waals surface area contributed by atoms with Gasteiger partial charge >= 0.3 is 0 Å². The first-order valence-corrected chi connectivity index (χ1v) is 6.06. The van der Waals surface area contributed by atoms with Gasteiger partial charge in [-0.3, -0.25) is 4.99 Å². The van der Waals surface area contributed by atoms with Crippen molar-refractivity contribution in [3.63, 3.8) is 0 Å². The van der Waals surface area contributed by atoms with Gasteiger partial charge in [0, 0.05) is 18.3 Å². The van der Waals surface area contributed by atoms with E-state index < -0.39 is 0 Å². The number of nitrogens with two attached hydrogens (primary N) is 1. The molecule has 0 unspecified atom stereocenters. The van der Waals surface area contributed by atoms with Crippen LogP contribution in [0.3, 0.4) is 0 Å². The maximum absolute atomic E-state index is 5.60. The zero-order valence-corrected chi connectivity index (χ0v) is 9.23. The van der Waals surface area contributed by atoms with E-state index in [1.165, 1.54) is 25.7 Å². The maximum atomic E-state index is 5.60. The van der Waals surface area contributed by atoms with E-state index in [0.29, 0.717) is 12.0 Å². The first kappa shape index (κ1) is 10.7. The van der Waals surface area contributed by atoms with E-state index in [1.807, 2.05) is 11.8 Å². The van der Waals surface area contributed by atoms with Gasteiger partial charge in [-0.1, -0.05) is 0 Å². The van der Waals surface area contributed by atoms with Gasteiger partial charge in [0.1, 0.15) is 0 Å². The molecule has 0 atom stereocenters. The molecule has 76 valence electrons. The number of nitrogens with zero attached hydrogens (tertiary/aromatic N) is 1. The Balaban J connectivity index is 2.25. The number of thioether (sulfide) groups is 1. The van der Waals surface area contributed by atoms with Gasteiger partial charge in [0.15, 0.2) is 5.96 Å². The number of nitrogens with one attached hydrogen (secondary N) is 1. The van der Waals surface area contributed by atoms with Gasteiger partial charge in [0.2, 0.25) is 0 Å². The Morgan fingerprint density at radius 2 is 2.00 bits per heavy atom. The third kappa shape index (κ3) is 3.46. The summed E-state index contributed by atoms with van der Waals surface area (Å²) in [6, 6.07) is 0.548. The van der Waals surface area contributed by atoms with Gasteiger partial charge in [-0.05, 0) is 31.9 Å². The van der Waals surface area contributed by atoms with Crippen LogP contribution in [0.2, 0.25) is 0 Å². The van der Waals surface area contributed by atoms with E-state index in [1.54, 1.807) is 7.05 Å². The molecule has 1 aliphatic carbocycles. The molecular weight excluding hydrogens is 182 g/mol. The van der Waals surface area contributed by atoms with E-state index in [2.05, 4.69) is 16.6 Å². The van der Waals surface area contributed by atoms with E-state index in [4.69, 9.17) is 5.73 Å². The summed E-state index contributed by atoms with van der Waals surface area (Å²) in [5, 5.41) is 4.09. The molecule has 0 spiro atoms. The van der Waals surface area contributed by atoms with Gasteiger partial charge in [-0.15, -0.1) is 0 Å². The van der Waals surface area contributed by atoms with Crippen molar-refractivity contribution in [1.29, 1.82) is 0 Å². The Bertz CT molecular complexity index is 174. The smallest absolute Gasteiger partial charge is 0.188 e. The van der Waals surface area contributed by atoms with Gasteiger partial charge in [0.25, 0.3) is 0 Å². The van der Waals surface area contributed by atoms with Crippen LogP contribution >= 0.6 is 11.8 Å². The van der Waals surface area contributed by atoms with Crippen LogP contribution in [0.4, 0.5) is 0 Å². The summed E-state index contributed by atoms with van der Waals surface area (Å²) in [7, 11) is 1.72. The highest BCUT2D eigenvalue weighted by molar-refractivity contribution is 7.99. The molecule has 1 saturated carbocycles. The third-order valence-electron chi connectivity index (χ3n) is 2.60. The first-order chi connectivity index (χ1) is 6.26. The maximum Gasteiger partial charge on any atom is 0.188 e. The van der Waals surface area contributed by atoms with Crippen LogP contribution in [-0.2, 0) is 0 Å². The van der Waals surface area contributed by atoms with Gasteiger partial charge in [0.05, 0.1) is 0 Å². The summed E-state index contributed by atoms with van der Waals surface area (Å²) in [6.45, 7) is 0. The SMILES string of the molecule is CN=C(N)NC1CCC(SC)CC1. The molecule has 0 aromatic heterocycles. The van der Waals surface area contributed by atoms with E-state index in [-0.39, 0.29) is 0 Å². The summed E-state index contributed by atoms with van der Waals surface area (Å²) >= 11 is 1.98. The monoisotopic (exact) mass is 201 g/mol.